The fourth-order valence-electron chi connectivity index (χ4n) is 2.61. The van der Waals surface area contributed by atoms with Crippen molar-refractivity contribution in [2.45, 2.75) is 19.9 Å². The van der Waals surface area contributed by atoms with Gasteiger partial charge in [-0.1, -0.05) is 17.4 Å². The van der Waals surface area contributed by atoms with Gasteiger partial charge in [-0.2, -0.15) is 0 Å². The zero-order valence-corrected chi connectivity index (χ0v) is 13.9. The molecule has 1 fully saturated rings. The van der Waals surface area contributed by atoms with Crippen molar-refractivity contribution in [2.75, 3.05) is 31.7 Å². The summed E-state index contributed by atoms with van der Waals surface area (Å²) in [5.74, 6) is 0.158. The first-order valence-electron chi connectivity index (χ1n) is 7.48. The molecule has 2 heterocycles. The highest BCUT2D eigenvalue weighted by Crippen LogP contribution is 2.33. The second-order valence-corrected chi connectivity index (χ2v) is 6.94. The Bertz CT molecular complexity index is 679. The first-order valence-corrected chi connectivity index (χ1v) is 8.30. The van der Waals surface area contributed by atoms with Crippen LogP contribution < -0.4 is 10.2 Å². The molecule has 1 atom stereocenters. The average molecular weight is 319 g/mol. The molecule has 1 aromatic heterocycles. The largest absolute Gasteiger partial charge is 0.383 e. The molecule has 5 nitrogen and oxygen atoms in total. The second kappa shape index (κ2) is 6.22. The van der Waals surface area contributed by atoms with Crippen LogP contribution in [0.3, 0.4) is 0 Å². The Kier molecular flexibility index (Phi) is 4.31. The van der Waals surface area contributed by atoms with Crippen LogP contribution in [0.2, 0.25) is 0 Å². The van der Waals surface area contributed by atoms with Crippen molar-refractivity contribution in [3.8, 4) is 0 Å². The van der Waals surface area contributed by atoms with Crippen LogP contribution in [-0.4, -0.2) is 43.7 Å². The number of rotatable bonds is 5. The van der Waals surface area contributed by atoms with Crippen LogP contribution >= 0.6 is 11.3 Å². The van der Waals surface area contributed by atoms with E-state index in [0.29, 0.717) is 6.61 Å². The lowest BCUT2D eigenvalue weighted by Crippen LogP contribution is -2.55. The van der Waals surface area contributed by atoms with E-state index >= 15 is 0 Å². The standard InChI is InChI=1S/C16H21N3O2S/c1-10-4-5-13-14(6-10)22-16(18-13)19-7-12(8-19)15(20)17-11(2)9-21-3/h4-6,11-12H,7-9H2,1-3H3,(H,17,20). The van der Waals surface area contributed by atoms with Crippen molar-refractivity contribution >= 4 is 32.6 Å². The number of carbonyl (C=O) groups excluding carboxylic acids is 1. The van der Waals surface area contributed by atoms with E-state index in [1.165, 1.54) is 10.3 Å². The zero-order chi connectivity index (χ0) is 15.7. The molecule has 1 amide bonds. The number of aromatic nitrogens is 1. The maximum Gasteiger partial charge on any atom is 0.226 e. The topological polar surface area (TPSA) is 54.5 Å². The Hall–Kier alpha value is -1.66. The van der Waals surface area contributed by atoms with E-state index in [-0.39, 0.29) is 17.9 Å². The third-order valence-electron chi connectivity index (χ3n) is 3.86. The van der Waals surface area contributed by atoms with Gasteiger partial charge < -0.3 is 15.0 Å². The van der Waals surface area contributed by atoms with Gasteiger partial charge in [0.15, 0.2) is 5.13 Å². The molecule has 118 valence electrons. The summed E-state index contributed by atoms with van der Waals surface area (Å²) >= 11 is 1.69. The number of nitrogens with one attached hydrogen (secondary N) is 1. The quantitative estimate of drug-likeness (QED) is 0.918. The van der Waals surface area contributed by atoms with Gasteiger partial charge in [0.2, 0.25) is 5.91 Å². The minimum absolute atomic E-state index is 0.0491. The smallest absolute Gasteiger partial charge is 0.226 e. The van der Waals surface area contributed by atoms with Crippen LogP contribution in [0.5, 0.6) is 0 Å². The van der Waals surface area contributed by atoms with Gasteiger partial charge in [0.05, 0.1) is 22.7 Å². The van der Waals surface area contributed by atoms with Gasteiger partial charge in [-0.15, -0.1) is 0 Å². The molecule has 0 radical (unpaired) electrons. The van der Waals surface area contributed by atoms with E-state index in [9.17, 15) is 4.79 Å². The van der Waals surface area contributed by atoms with Crippen LogP contribution in [0, 0.1) is 12.8 Å². The number of benzene rings is 1. The van der Waals surface area contributed by atoms with E-state index in [0.717, 1.165) is 23.7 Å². The molecule has 2 aromatic rings. The average Bonchev–Trinajstić information content (AvgIpc) is 2.79. The van der Waals surface area contributed by atoms with Gasteiger partial charge in [0, 0.05) is 26.2 Å². The molecular formula is C16H21N3O2S. The first-order chi connectivity index (χ1) is 10.6. The molecular weight excluding hydrogens is 298 g/mol. The number of fused-ring (bicyclic) bond motifs is 1. The van der Waals surface area contributed by atoms with Crippen molar-refractivity contribution in [2.24, 2.45) is 5.92 Å². The number of aryl methyl sites for hydroxylation is 1. The summed E-state index contributed by atoms with van der Waals surface area (Å²) in [4.78, 5) is 18.9. The van der Waals surface area contributed by atoms with Crippen molar-refractivity contribution in [1.82, 2.24) is 10.3 Å². The molecule has 0 aliphatic carbocycles. The summed E-state index contributed by atoms with van der Waals surface area (Å²) in [6.45, 7) is 6.06. The van der Waals surface area contributed by atoms with Crippen molar-refractivity contribution < 1.29 is 9.53 Å². The van der Waals surface area contributed by atoms with Gasteiger partial charge in [-0.05, 0) is 31.5 Å². The molecule has 0 spiro atoms. The summed E-state index contributed by atoms with van der Waals surface area (Å²) in [7, 11) is 1.64. The monoisotopic (exact) mass is 319 g/mol. The van der Waals surface area contributed by atoms with Gasteiger partial charge in [0.25, 0.3) is 0 Å². The molecule has 1 aromatic carbocycles. The molecule has 1 unspecified atom stereocenters. The third kappa shape index (κ3) is 3.08. The Morgan fingerprint density at radius 2 is 2.32 bits per heavy atom. The van der Waals surface area contributed by atoms with Crippen LogP contribution in [0.1, 0.15) is 12.5 Å². The Morgan fingerprint density at radius 3 is 3.05 bits per heavy atom. The third-order valence-corrected chi connectivity index (χ3v) is 4.94. The Labute approximate surface area is 134 Å². The number of methoxy groups -OCH3 is 1. The Balaban J connectivity index is 1.59. The lowest BCUT2D eigenvalue weighted by Gasteiger charge is -2.38. The fourth-order valence-corrected chi connectivity index (χ4v) is 3.69. The summed E-state index contributed by atoms with van der Waals surface area (Å²) in [6.07, 6.45) is 0. The maximum absolute atomic E-state index is 12.1. The van der Waals surface area contributed by atoms with Crippen molar-refractivity contribution in [1.29, 1.82) is 0 Å². The highest BCUT2D eigenvalue weighted by atomic mass is 32.1. The number of anilines is 1. The molecule has 1 N–H and O–H groups in total. The predicted molar refractivity (Wildman–Crippen MR) is 89.5 cm³/mol. The molecule has 1 saturated heterocycles. The molecule has 1 aliphatic rings. The lowest BCUT2D eigenvalue weighted by atomic mass is 10.00. The van der Waals surface area contributed by atoms with Crippen molar-refractivity contribution in [3.05, 3.63) is 23.8 Å². The number of thiazole rings is 1. The molecule has 22 heavy (non-hydrogen) atoms. The lowest BCUT2D eigenvalue weighted by molar-refractivity contribution is -0.126. The summed E-state index contributed by atoms with van der Waals surface area (Å²) in [6, 6.07) is 6.35. The van der Waals surface area contributed by atoms with Gasteiger partial charge >= 0.3 is 0 Å². The van der Waals surface area contributed by atoms with Gasteiger partial charge in [0.1, 0.15) is 0 Å². The number of nitrogens with zero attached hydrogens (tertiary/aromatic N) is 2. The first kappa shape index (κ1) is 15.2. The van der Waals surface area contributed by atoms with E-state index in [1.807, 2.05) is 6.92 Å². The van der Waals surface area contributed by atoms with Crippen LogP contribution in [0.4, 0.5) is 5.13 Å². The minimum atomic E-state index is 0.0491. The van der Waals surface area contributed by atoms with E-state index in [4.69, 9.17) is 4.74 Å². The molecule has 0 saturated carbocycles. The van der Waals surface area contributed by atoms with E-state index in [2.05, 4.69) is 40.3 Å². The predicted octanol–water partition coefficient (Wildman–Crippen LogP) is 2.19. The summed E-state index contributed by atoms with van der Waals surface area (Å²) < 4.78 is 6.24. The minimum Gasteiger partial charge on any atom is -0.383 e. The summed E-state index contributed by atoms with van der Waals surface area (Å²) in [5.41, 5.74) is 2.28. The highest BCUT2D eigenvalue weighted by molar-refractivity contribution is 7.22. The molecule has 1 aliphatic heterocycles. The molecule has 6 heteroatoms. The Morgan fingerprint density at radius 1 is 1.55 bits per heavy atom. The number of ether oxygens (including phenoxy) is 1. The fraction of sp³-hybridized carbons (Fsp3) is 0.500. The normalized spacial score (nSPS) is 16.6. The maximum atomic E-state index is 12.1. The van der Waals surface area contributed by atoms with E-state index < -0.39 is 0 Å². The van der Waals surface area contributed by atoms with Crippen LogP contribution in [0.25, 0.3) is 10.2 Å². The molecule has 0 bridgehead atoms. The molecule has 3 rings (SSSR count). The number of hydrogen-bond donors (Lipinski definition) is 1. The van der Waals surface area contributed by atoms with Crippen molar-refractivity contribution in [3.63, 3.8) is 0 Å². The summed E-state index contributed by atoms with van der Waals surface area (Å²) in [5, 5.41) is 3.99. The number of amides is 1. The zero-order valence-electron chi connectivity index (χ0n) is 13.1. The number of carbonyl (C=O) groups is 1. The highest BCUT2D eigenvalue weighted by Gasteiger charge is 2.34. The van der Waals surface area contributed by atoms with Gasteiger partial charge in [-0.25, -0.2) is 4.98 Å². The second-order valence-electron chi connectivity index (χ2n) is 5.93. The SMILES string of the molecule is COCC(C)NC(=O)C1CN(c2nc3ccc(C)cc3s2)C1. The van der Waals surface area contributed by atoms with Crippen LogP contribution in [0.15, 0.2) is 18.2 Å². The van der Waals surface area contributed by atoms with Crippen LogP contribution in [-0.2, 0) is 9.53 Å². The van der Waals surface area contributed by atoms with E-state index in [1.54, 1.807) is 18.4 Å². The van der Waals surface area contributed by atoms with Gasteiger partial charge in [-0.3, -0.25) is 4.79 Å². The number of hydrogen-bond acceptors (Lipinski definition) is 5.